The van der Waals surface area contributed by atoms with Gasteiger partial charge in [-0.3, -0.25) is 0 Å². The number of benzene rings is 1. The third-order valence-electron chi connectivity index (χ3n) is 2.88. The maximum atomic E-state index is 12.2. The highest BCUT2D eigenvalue weighted by Gasteiger charge is 2.15. The Labute approximate surface area is 112 Å². The Morgan fingerprint density at radius 2 is 1.95 bits per heavy atom. The lowest BCUT2D eigenvalue weighted by Crippen LogP contribution is -2.07. The highest BCUT2D eigenvalue weighted by molar-refractivity contribution is 5.35. The van der Waals surface area contributed by atoms with Gasteiger partial charge in [-0.2, -0.15) is 8.78 Å². The summed E-state index contributed by atoms with van der Waals surface area (Å²) >= 11 is 0. The predicted molar refractivity (Wildman–Crippen MR) is 71.3 cm³/mol. The normalized spacial score (nSPS) is 12.4. The third-order valence-corrected chi connectivity index (χ3v) is 2.88. The molecule has 19 heavy (non-hydrogen) atoms. The number of hydrogen-bond donors (Lipinski definition) is 1. The van der Waals surface area contributed by atoms with Crippen LogP contribution in [0.4, 0.5) is 8.78 Å². The van der Waals surface area contributed by atoms with Crippen LogP contribution in [0.5, 0.6) is 5.75 Å². The molecular formula is C15H20F2O2. The first kappa shape index (κ1) is 15.6. The summed E-state index contributed by atoms with van der Waals surface area (Å²) in [4.78, 5) is 0. The summed E-state index contributed by atoms with van der Waals surface area (Å²) < 4.78 is 28.9. The highest BCUT2D eigenvalue weighted by Crippen LogP contribution is 2.29. The van der Waals surface area contributed by atoms with Gasteiger partial charge in [-0.05, 0) is 25.3 Å². The summed E-state index contributed by atoms with van der Waals surface area (Å²) in [6, 6.07) is 6.38. The van der Waals surface area contributed by atoms with Crippen molar-refractivity contribution in [1.82, 2.24) is 0 Å². The van der Waals surface area contributed by atoms with Gasteiger partial charge in [0, 0.05) is 5.56 Å². The lowest BCUT2D eigenvalue weighted by molar-refractivity contribution is -0.0516. The number of ether oxygens (including phenoxy) is 1. The fourth-order valence-electron chi connectivity index (χ4n) is 1.92. The van der Waals surface area contributed by atoms with E-state index < -0.39 is 12.7 Å². The minimum absolute atomic E-state index is 0.0519. The standard InChI is InChI=1S/C15H20F2O2/c1-2-3-4-5-6-10-13(18)12-9-7-8-11-14(12)19-15(16)17/h2,7-9,11,13,15,18H,1,3-6,10H2. The summed E-state index contributed by atoms with van der Waals surface area (Å²) in [7, 11) is 0. The lowest BCUT2D eigenvalue weighted by Gasteiger charge is -2.15. The number of aliphatic hydroxyl groups excluding tert-OH is 1. The van der Waals surface area contributed by atoms with Crippen LogP contribution in [0.1, 0.15) is 43.8 Å². The first-order chi connectivity index (χ1) is 9.15. The van der Waals surface area contributed by atoms with Gasteiger partial charge in [0.25, 0.3) is 0 Å². The van der Waals surface area contributed by atoms with Crippen molar-refractivity contribution in [2.45, 2.75) is 44.8 Å². The van der Waals surface area contributed by atoms with E-state index in [0.29, 0.717) is 12.0 Å². The Bertz CT molecular complexity index is 380. The molecular weight excluding hydrogens is 250 g/mol. The van der Waals surface area contributed by atoms with E-state index in [1.165, 1.54) is 6.07 Å². The maximum absolute atomic E-state index is 12.2. The van der Waals surface area contributed by atoms with Crippen molar-refractivity contribution in [1.29, 1.82) is 0 Å². The molecule has 1 unspecified atom stereocenters. The Balaban J connectivity index is 2.51. The smallest absolute Gasteiger partial charge is 0.387 e. The van der Waals surface area contributed by atoms with Crippen molar-refractivity contribution in [2.75, 3.05) is 0 Å². The second-order valence-corrected chi connectivity index (χ2v) is 4.36. The Kier molecular flexibility index (Phi) is 7.11. The van der Waals surface area contributed by atoms with Crippen LogP contribution in [0.2, 0.25) is 0 Å². The van der Waals surface area contributed by atoms with Crippen LogP contribution in [0, 0.1) is 0 Å². The second kappa shape index (κ2) is 8.64. The van der Waals surface area contributed by atoms with Crippen LogP contribution in [-0.2, 0) is 0 Å². The molecule has 0 bridgehead atoms. The minimum atomic E-state index is -2.87. The van der Waals surface area contributed by atoms with Gasteiger partial charge in [-0.1, -0.05) is 37.1 Å². The number of halogens is 2. The van der Waals surface area contributed by atoms with Crippen LogP contribution in [0.25, 0.3) is 0 Å². The molecule has 0 aliphatic heterocycles. The molecule has 0 spiro atoms. The fourth-order valence-corrected chi connectivity index (χ4v) is 1.92. The van der Waals surface area contributed by atoms with Crippen molar-refractivity contribution in [3.8, 4) is 5.75 Å². The van der Waals surface area contributed by atoms with E-state index in [4.69, 9.17) is 0 Å². The molecule has 0 aliphatic carbocycles. The predicted octanol–water partition coefficient (Wildman–Crippen LogP) is 4.46. The van der Waals surface area contributed by atoms with Crippen molar-refractivity contribution >= 4 is 0 Å². The molecule has 0 aromatic heterocycles. The highest BCUT2D eigenvalue weighted by atomic mass is 19.3. The molecule has 1 rings (SSSR count). The number of aliphatic hydroxyl groups is 1. The summed E-state index contributed by atoms with van der Waals surface area (Å²) in [5, 5.41) is 10.0. The average molecular weight is 270 g/mol. The van der Waals surface area contributed by atoms with E-state index >= 15 is 0 Å². The number of unbranched alkanes of at least 4 members (excludes halogenated alkanes) is 3. The van der Waals surface area contributed by atoms with Gasteiger partial charge in [-0.25, -0.2) is 0 Å². The third kappa shape index (κ3) is 5.83. The molecule has 1 aromatic rings. The van der Waals surface area contributed by atoms with E-state index in [9.17, 15) is 13.9 Å². The van der Waals surface area contributed by atoms with Crippen LogP contribution in [0.3, 0.4) is 0 Å². The van der Waals surface area contributed by atoms with Crippen LogP contribution in [-0.4, -0.2) is 11.7 Å². The number of hydrogen-bond acceptors (Lipinski definition) is 2. The second-order valence-electron chi connectivity index (χ2n) is 4.36. The molecule has 106 valence electrons. The van der Waals surface area contributed by atoms with E-state index in [2.05, 4.69) is 11.3 Å². The van der Waals surface area contributed by atoms with Crippen molar-refractivity contribution in [3.63, 3.8) is 0 Å². The van der Waals surface area contributed by atoms with Crippen LogP contribution >= 0.6 is 0 Å². The van der Waals surface area contributed by atoms with Gasteiger partial charge in [-0.15, -0.1) is 6.58 Å². The SMILES string of the molecule is C=CCCCCCC(O)c1ccccc1OC(F)F. The Morgan fingerprint density at radius 3 is 2.63 bits per heavy atom. The zero-order chi connectivity index (χ0) is 14.1. The summed E-state index contributed by atoms with van der Waals surface area (Å²) in [6.07, 6.45) is 5.47. The number of allylic oxidation sites excluding steroid dienone is 1. The van der Waals surface area contributed by atoms with Crippen LogP contribution in [0.15, 0.2) is 36.9 Å². The molecule has 4 heteroatoms. The van der Waals surface area contributed by atoms with E-state index in [1.54, 1.807) is 18.2 Å². The topological polar surface area (TPSA) is 29.5 Å². The first-order valence-electron chi connectivity index (χ1n) is 6.48. The molecule has 1 atom stereocenters. The zero-order valence-corrected chi connectivity index (χ0v) is 10.9. The van der Waals surface area contributed by atoms with Crippen molar-refractivity contribution in [3.05, 3.63) is 42.5 Å². The number of rotatable bonds is 9. The van der Waals surface area contributed by atoms with Crippen LogP contribution < -0.4 is 4.74 Å². The molecule has 0 saturated heterocycles. The molecule has 1 aromatic carbocycles. The summed E-state index contributed by atoms with van der Waals surface area (Å²) in [5.41, 5.74) is 0.423. The maximum Gasteiger partial charge on any atom is 0.387 e. The van der Waals surface area contributed by atoms with Gasteiger partial charge < -0.3 is 9.84 Å². The molecule has 0 saturated carbocycles. The molecule has 2 nitrogen and oxygen atoms in total. The fraction of sp³-hybridized carbons (Fsp3) is 0.467. The van der Waals surface area contributed by atoms with E-state index in [-0.39, 0.29) is 5.75 Å². The largest absolute Gasteiger partial charge is 0.434 e. The lowest BCUT2D eigenvalue weighted by atomic mass is 10.0. The van der Waals surface area contributed by atoms with Gasteiger partial charge in [0.15, 0.2) is 0 Å². The van der Waals surface area contributed by atoms with Gasteiger partial charge in [0.05, 0.1) is 6.10 Å². The van der Waals surface area contributed by atoms with Crippen molar-refractivity contribution < 1.29 is 18.6 Å². The number of para-hydroxylation sites is 1. The summed E-state index contributed by atoms with van der Waals surface area (Å²) in [6.45, 7) is 0.769. The zero-order valence-electron chi connectivity index (χ0n) is 10.9. The Morgan fingerprint density at radius 1 is 1.21 bits per heavy atom. The van der Waals surface area contributed by atoms with E-state index in [0.717, 1.165) is 25.7 Å². The monoisotopic (exact) mass is 270 g/mol. The Hall–Kier alpha value is -1.42. The minimum Gasteiger partial charge on any atom is -0.434 e. The van der Waals surface area contributed by atoms with E-state index in [1.807, 2.05) is 6.08 Å². The van der Waals surface area contributed by atoms with Gasteiger partial charge in [0.2, 0.25) is 0 Å². The molecule has 0 radical (unpaired) electrons. The molecule has 0 fully saturated rings. The van der Waals surface area contributed by atoms with Gasteiger partial charge >= 0.3 is 6.61 Å². The van der Waals surface area contributed by atoms with Crippen molar-refractivity contribution in [2.24, 2.45) is 0 Å². The average Bonchev–Trinajstić information content (AvgIpc) is 2.38. The summed E-state index contributed by atoms with van der Waals surface area (Å²) in [5.74, 6) is 0.0519. The molecule has 0 aliphatic rings. The van der Waals surface area contributed by atoms with Gasteiger partial charge in [0.1, 0.15) is 5.75 Å². The number of alkyl halides is 2. The quantitative estimate of drug-likeness (QED) is 0.530. The molecule has 0 heterocycles. The first-order valence-corrected chi connectivity index (χ1v) is 6.48. The molecule has 1 N–H and O–H groups in total. The molecule has 0 amide bonds.